The fourth-order valence-electron chi connectivity index (χ4n) is 6.10. The lowest BCUT2D eigenvalue weighted by atomic mass is 9.59. The van der Waals surface area contributed by atoms with Crippen molar-refractivity contribution in [3.05, 3.63) is 63.9 Å². The molecule has 0 heterocycles. The zero-order valence-electron chi connectivity index (χ0n) is 21.2. The minimum atomic E-state index is -2.63. The lowest BCUT2D eigenvalue weighted by Gasteiger charge is -2.46. The number of fused-ring (bicyclic) bond motifs is 3. The molecule has 3 atom stereocenters. The van der Waals surface area contributed by atoms with Crippen LogP contribution in [0.25, 0.3) is 16.9 Å². The Balaban J connectivity index is 1.73. The van der Waals surface area contributed by atoms with Crippen LogP contribution in [0.1, 0.15) is 34.3 Å². The number of hydrogen-bond acceptors (Lipinski definition) is 9. The van der Waals surface area contributed by atoms with E-state index in [1.807, 2.05) is 0 Å². The number of aliphatic hydroxyl groups excluding tert-OH is 2. The number of hydrogen-bond donors (Lipinski definition) is 6. The number of Topliss-reactive ketones (excluding diaryl/α,β-unsaturated/α-hetero) is 2. The minimum absolute atomic E-state index is 0.0118. The molecule has 5 rings (SSSR count). The molecule has 11 heteroatoms. The molecule has 2 amide bonds. The lowest BCUT2D eigenvalue weighted by molar-refractivity contribution is -0.147. The van der Waals surface area contributed by atoms with E-state index in [9.17, 15) is 39.6 Å². The van der Waals surface area contributed by atoms with Crippen LogP contribution in [0.3, 0.4) is 0 Å². The van der Waals surface area contributed by atoms with Crippen molar-refractivity contribution in [1.82, 2.24) is 0 Å². The van der Waals surface area contributed by atoms with E-state index in [0.29, 0.717) is 22.4 Å². The number of primary amides is 2. The Morgan fingerprint density at radius 1 is 1.00 bits per heavy atom. The maximum atomic E-state index is 13.7. The van der Waals surface area contributed by atoms with Crippen molar-refractivity contribution in [2.24, 2.45) is 23.3 Å². The first-order valence-corrected chi connectivity index (χ1v) is 12.2. The van der Waals surface area contributed by atoms with Gasteiger partial charge in [0.15, 0.2) is 11.4 Å². The number of anilines is 1. The van der Waals surface area contributed by atoms with E-state index in [0.717, 1.165) is 0 Å². The van der Waals surface area contributed by atoms with Crippen molar-refractivity contribution in [1.29, 1.82) is 0 Å². The maximum absolute atomic E-state index is 13.7. The van der Waals surface area contributed by atoms with E-state index in [4.69, 9.17) is 11.5 Å². The van der Waals surface area contributed by atoms with Crippen LogP contribution in [0.15, 0.2) is 47.2 Å². The third kappa shape index (κ3) is 3.61. The van der Waals surface area contributed by atoms with Gasteiger partial charge in [-0.15, -0.1) is 0 Å². The first-order valence-electron chi connectivity index (χ1n) is 12.2. The molecule has 0 unspecified atom stereocenters. The highest BCUT2D eigenvalue weighted by Crippen LogP contribution is 2.54. The number of phenols is 1. The average molecular weight is 534 g/mol. The van der Waals surface area contributed by atoms with Gasteiger partial charge in [0.25, 0.3) is 5.91 Å². The quantitative estimate of drug-likeness (QED) is 0.312. The van der Waals surface area contributed by atoms with Crippen molar-refractivity contribution in [2.45, 2.75) is 24.9 Å². The summed E-state index contributed by atoms with van der Waals surface area (Å²) in [5.74, 6) is -7.41. The highest BCUT2D eigenvalue weighted by Gasteiger charge is 2.60. The number of nitrogens with two attached hydrogens (primary N) is 2. The zero-order chi connectivity index (χ0) is 28.5. The van der Waals surface area contributed by atoms with Gasteiger partial charge >= 0.3 is 0 Å². The van der Waals surface area contributed by atoms with Gasteiger partial charge in [0.2, 0.25) is 11.7 Å². The number of rotatable bonds is 4. The van der Waals surface area contributed by atoms with Crippen LogP contribution in [0, 0.1) is 11.8 Å². The van der Waals surface area contributed by atoms with Gasteiger partial charge in [-0.1, -0.05) is 12.1 Å². The second kappa shape index (κ2) is 8.70. The number of aromatic hydroxyl groups is 1. The van der Waals surface area contributed by atoms with Crippen LogP contribution in [-0.4, -0.2) is 63.5 Å². The molecule has 0 aromatic heterocycles. The van der Waals surface area contributed by atoms with Crippen LogP contribution in [-0.2, 0) is 20.8 Å². The fourth-order valence-corrected chi connectivity index (χ4v) is 6.10. The SMILES string of the molecule is CN(C)c1cc(-c2ccc(C(N)=O)cc2)c(O)c2c1C[C@H]1C[C@H]3CC(=O)C(C(N)=O)=C(O)[C@@]3(O)C(=O)C1=C2O. The highest BCUT2D eigenvalue weighted by atomic mass is 16.3. The van der Waals surface area contributed by atoms with Crippen molar-refractivity contribution in [3.8, 4) is 16.9 Å². The Hall–Kier alpha value is -4.64. The number of phenolic OH excluding ortho intramolecular Hbond substituents is 1. The molecule has 2 aromatic rings. The van der Waals surface area contributed by atoms with Crippen molar-refractivity contribution < 1.29 is 39.6 Å². The topological polar surface area (TPSA) is 204 Å². The molecule has 3 aliphatic rings. The van der Waals surface area contributed by atoms with Gasteiger partial charge in [-0.2, -0.15) is 0 Å². The Morgan fingerprint density at radius 2 is 1.64 bits per heavy atom. The van der Waals surface area contributed by atoms with Gasteiger partial charge in [0.05, 0.1) is 5.56 Å². The molecule has 0 spiro atoms. The molecule has 3 aliphatic carbocycles. The van der Waals surface area contributed by atoms with E-state index < -0.39 is 57.9 Å². The summed E-state index contributed by atoms with van der Waals surface area (Å²) in [6.45, 7) is 0. The monoisotopic (exact) mass is 533 g/mol. The Morgan fingerprint density at radius 3 is 2.21 bits per heavy atom. The molecular weight excluding hydrogens is 506 g/mol. The zero-order valence-corrected chi connectivity index (χ0v) is 21.2. The second-order valence-corrected chi connectivity index (χ2v) is 10.4. The second-order valence-electron chi connectivity index (χ2n) is 10.4. The van der Waals surface area contributed by atoms with Crippen molar-refractivity contribution >= 4 is 34.8 Å². The lowest BCUT2D eigenvalue weighted by Crippen LogP contribution is -2.58. The molecule has 1 saturated carbocycles. The van der Waals surface area contributed by atoms with E-state index in [1.54, 1.807) is 37.2 Å². The molecule has 11 nitrogen and oxygen atoms in total. The summed E-state index contributed by atoms with van der Waals surface area (Å²) < 4.78 is 0. The van der Waals surface area contributed by atoms with E-state index in [2.05, 4.69) is 0 Å². The number of benzene rings is 2. The summed E-state index contributed by atoms with van der Waals surface area (Å²) in [5.41, 5.74) is 9.15. The molecule has 0 radical (unpaired) electrons. The van der Waals surface area contributed by atoms with E-state index in [1.165, 1.54) is 12.1 Å². The summed E-state index contributed by atoms with van der Waals surface area (Å²) >= 11 is 0. The molecular formula is C28H27N3O8. The molecule has 2 aromatic carbocycles. The van der Waals surface area contributed by atoms with Crippen molar-refractivity contribution in [2.75, 3.05) is 19.0 Å². The number of nitrogens with zero attached hydrogens (tertiary/aromatic N) is 1. The van der Waals surface area contributed by atoms with Gasteiger partial charge in [-0.25, -0.2) is 0 Å². The van der Waals surface area contributed by atoms with Crippen molar-refractivity contribution in [3.63, 3.8) is 0 Å². The predicted octanol–water partition coefficient (Wildman–Crippen LogP) is 1.26. The summed E-state index contributed by atoms with van der Waals surface area (Å²) in [6, 6.07) is 7.89. The predicted molar refractivity (Wildman–Crippen MR) is 140 cm³/mol. The molecule has 8 N–H and O–H groups in total. The van der Waals surface area contributed by atoms with E-state index in [-0.39, 0.29) is 41.7 Å². The average Bonchev–Trinajstić information content (AvgIpc) is 2.86. The minimum Gasteiger partial charge on any atom is -0.508 e. The molecule has 0 aliphatic heterocycles. The van der Waals surface area contributed by atoms with Crippen LogP contribution in [0.5, 0.6) is 5.75 Å². The molecule has 1 fully saturated rings. The summed E-state index contributed by atoms with van der Waals surface area (Å²) in [5, 5.41) is 45.0. The van der Waals surface area contributed by atoms with Crippen LogP contribution in [0.4, 0.5) is 5.69 Å². The highest BCUT2D eigenvalue weighted by molar-refractivity contribution is 6.22. The largest absolute Gasteiger partial charge is 0.508 e. The normalized spacial score (nSPS) is 24.2. The van der Waals surface area contributed by atoms with E-state index >= 15 is 0 Å². The molecule has 0 bridgehead atoms. The molecule has 0 saturated heterocycles. The smallest absolute Gasteiger partial charge is 0.255 e. The first-order chi connectivity index (χ1) is 18.3. The number of ketones is 2. The van der Waals surface area contributed by atoms with Crippen LogP contribution >= 0.6 is 0 Å². The fraction of sp³-hybridized carbons (Fsp3) is 0.286. The van der Waals surface area contributed by atoms with Gasteiger partial charge in [-0.3, -0.25) is 19.2 Å². The van der Waals surface area contributed by atoms with Crippen LogP contribution < -0.4 is 16.4 Å². The van der Waals surface area contributed by atoms with Gasteiger partial charge in [0, 0.05) is 48.8 Å². The number of aliphatic hydroxyl groups is 3. The standard InChI is InChI=1S/C28H27N3O8/c1-31(2)17-10-15(11-3-5-12(6-4-11)26(29)37)22(33)20-16(17)8-13-7-14-9-18(32)21(27(30)38)25(36)28(14,39)24(35)19(13)23(20)34/h3-6,10,13-14,33-34,36,39H,7-9H2,1-2H3,(H2,29,37)(H2,30,38)/t13-,14+,28+/m1/s1. The number of carbonyl (C=O) groups excluding carboxylic acids is 4. The summed E-state index contributed by atoms with van der Waals surface area (Å²) in [7, 11) is 3.56. The number of amides is 2. The third-order valence-corrected chi connectivity index (χ3v) is 8.00. The van der Waals surface area contributed by atoms with Crippen LogP contribution in [0.2, 0.25) is 0 Å². The van der Waals surface area contributed by atoms with Gasteiger partial charge in [-0.05, 0) is 48.1 Å². The maximum Gasteiger partial charge on any atom is 0.255 e. The summed E-state index contributed by atoms with van der Waals surface area (Å²) in [6.07, 6.45) is -0.142. The summed E-state index contributed by atoms with van der Waals surface area (Å²) in [4.78, 5) is 51.4. The molecule has 39 heavy (non-hydrogen) atoms. The Kier molecular flexibility index (Phi) is 5.80. The Bertz CT molecular complexity index is 1550. The van der Waals surface area contributed by atoms with Gasteiger partial charge in [0.1, 0.15) is 22.8 Å². The first kappa shape index (κ1) is 26.0. The van der Waals surface area contributed by atoms with Gasteiger partial charge < -0.3 is 36.8 Å². The third-order valence-electron chi connectivity index (χ3n) is 8.00. The number of carbonyl (C=O) groups is 4. The molecule has 202 valence electrons. The Labute approximate surface area is 222 Å².